The van der Waals surface area contributed by atoms with Crippen LogP contribution in [0.15, 0.2) is 6.07 Å². The molecule has 0 saturated heterocycles. The largest absolute Gasteiger partial charge is 0.396 e. The minimum atomic E-state index is 0.295. The average Bonchev–Trinajstić information content (AvgIpc) is 1.84. The van der Waals surface area contributed by atoms with Gasteiger partial charge in [0.15, 0.2) is 0 Å². The van der Waals surface area contributed by atoms with Crippen LogP contribution in [-0.2, 0) is 0 Å². The summed E-state index contributed by atoms with van der Waals surface area (Å²) in [6.07, 6.45) is 0. The van der Waals surface area contributed by atoms with Crippen LogP contribution in [-0.4, -0.2) is 4.98 Å². The van der Waals surface area contributed by atoms with E-state index in [1.165, 1.54) is 0 Å². The van der Waals surface area contributed by atoms with Crippen molar-refractivity contribution in [3.05, 3.63) is 11.6 Å². The SMILES string of the molecule is Cc1cc(N)c(N)nc1N. The highest BCUT2D eigenvalue weighted by Gasteiger charge is 1.99. The zero-order valence-corrected chi connectivity index (χ0v) is 5.76. The number of anilines is 3. The summed E-state index contributed by atoms with van der Waals surface area (Å²) in [5.74, 6) is 0.731. The van der Waals surface area contributed by atoms with Crippen LogP contribution in [0.25, 0.3) is 0 Å². The zero-order chi connectivity index (χ0) is 7.72. The van der Waals surface area contributed by atoms with E-state index in [2.05, 4.69) is 4.98 Å². The van der Waals surface area contributed by atoms with E-state index in [0.717, 1.165) is 5.56 Å². The first kappa shape index (κ1) is 6.67. The molecule has 4 nitrogen and oxygen atoms in total. The minimum Gasteiger partial charge on any atom is -0.396 e. The number of pyridine rings is 1. The van der Waals surface area contributed by atoms with Gasteiger partial charge >= 0.3 is 0 Å². The molecule has 1 rings (SSSR count). The number of nitrogens with two attached hydrogens (primary N) is 3. The van der Waals surface area contributed by atoms with Crippen molar-refractivity contribution in [2.75, 3.05) is 17.2 Å². The van der Waals surface area contributed by atoms with Gasteiger partial charge in [0.2, 0.25) is 0 Å². The van der Waals surface area contributed by atoms with Crippen molar-refractivity contribution in [2.24, 2.45) is 0 Å². The molecule has 0 aliphatic carbocycles. The molecule has 0 aliphatic heterocycles. The standard InChI is InChI=1S/C6H10N4/c1-3-2-4(7)6(9)10-5(3)8/h2H,7H2,1H3,(H4,8,9,10). The number of aryl methyl sites for hydroxylation is 1. The quantitative estimate of drug-likeness (QED) is 0.475. The maximum atomic E-state index is 5.45. The van der Waals surface area contributed by atoms with Gasteiger partial charge in [0.1, 0.15) is 11.6 Å². The normalized spacial score (nSPS) is 9.70. The molecule has 4 heteroatoms. The number of rotatable bonds is 0. The Kier molecular flexibility index (Phi) is 1.37. The smallest absolute Gasteiger partial charge is 0.149 e. The van der Waals surface area contributed by atoms with Crippen LogP contribution < -0.4 is 17.2 Å². The second-order valence-electron chi connectivity index (χ2n) is 2.16. The molecule has 0 amide bonds. The molecule has 54 valence electrons. The van der Waals surface area contributed by atoms with Crippen molar-refractivity contribution >= 4 is 17.3 Å². The van der Waals surface area contributed by atoms with E-state index in [4.69, 9.17) is 17.2 Å². The molecule has 1 aromatic rings. The summed E-state index contributed by atoms with van der Waals surface area (Å²) in [6, 6.07) is 1.71. The van der Waals surface area contributed by atoms with Crippen molar-refractivity contribution in [3.63, 3.8) is 0 Å². The van der Waals surface area contributed by atoms with Gasteiger partial charge in [0, 0.05) is 0 Å². The number of aromatic nitrogens is 1. The number of hydrogen-bond donors (Lipinski definition) is 3. The van der Waals surface area contributed by atoms with Crippen molar-refractivity contribution in [2.45, 2.75) is 6.92 Å². The van der Waals surface area contributed by atoms with E-state index in [-0.39, 0.29) is 0 Å². The lowest BCUT2D eigenvalue weighted by atomic mass is 10.2. The van der Waals surface area contributed by atoms with Gasteiger partial charge in [-0.3, -0.25) is 0 Å². The summed E-state index contributed by atoms with van der Waals surface area (Å²) in [4.78, 5) is 3.80. The molecule has 1 heterocycles. The van der Waals surface area contributed by atoms with Gasteiger partial charge in [-0.15, -0.1) is 0 Å². The second kappa shape index (κ2) is 2.06. The summed E-state index contributed by atoms with van der Waals surface area (Å²) in [6.45, 7) is 1.83. The van der Waals surface area contributed by atoms with Gasteiger partial charge in [0.25, 0.3) is 0 Å². The summed E-state index contributed by atoms with van der Waals surface area (Å²) in [5, 5.41) is 0. The first-order valence-electron chi connectivity index (χ1n) is 2.89. The monoisotopic (exact) mass is 138 g/mol. The Hall–Kier alpha value is -1.45. The van der Waals surface area contributed by atoms with Crippen LogP contribution >= 0.6 is 0 Å². The first-order valence-corrected chi connectivity index (χ1v) is 2.89. The van der Waals surface area contributed by atoms with E-state index >= 15 is 0 Å². The first-order chi connectivity index (χ1) is 4.61. The highest BCUT2D eigenvalue weighted by Crippen LogP contribution is 2.16. The van der Waals surface area contributed by atoms with E-state index in [0.29, 0.717) is 17.3 Å². The fourth-order valence-corrected chi connectivity index (χ4v) is 0.664. The fourth-order valence-electron chi connectivity index (χ4n) is 0.664. The Labute approximate surface area is 59.0 Å². The Morgan fingerprint density at radius 1 is 1.20 bits per heavy atom. The fraction of sp³-hybridized carbons (Fsp3) is 0.167. The van der Waals surface area contributed by atoms with Gasteiger partial charge in [-0.1, -0.05) is 0 Å². The highest BCUT2D eigenvalue weighted by molar-refractivity contribution is 5.63. The number of hydrogen-bond acceptors (Lipinski definition) is 4. The van der Waals surface area contributed by atoms with E-state index in [1.807, 2.05) is 6.92 Å². The molecule has 1 aromatic heterocycles. The van der Waals surface area contributed by atoms with Crippen molar-refractivity contribution in [3.8, 4) is 0 Å². The minimum absolute atomic E-state index is 0.295. The summed E-state index contributed by atoms with van der Waals surface area (Å²) in [7, 11) is 0. The molecular formula is C6H10N4. The lowest BCUT2D eigenvalue weighted by Crippen LogP contribution is -2.02. The lowest BCUT2D eigenvalue weighted by molar-refractivity contribution is 1.29. The van der Waals surface area contributed by atoms with Crippen molar-refractivity contribution in [1.29, 1.82) is 0 Å². The Morgan fingerprint density at radius 3 is 2.30 bits per heavy atom. The predicted octanol–water partition coefficient (Wildman–Crippen LogP) is 0.137. The molecule has 0 aliphatic rings. The highest BCUT2D eigenvalue weighted by atomic mass is 14.9. The van der Waals surface area contributed by atoms with E-state index < -0.39 is 0 Å². The van der Waals surface area contributed by atoms with Crippen molar-refractivity contribution in [1.82, 2.24) is 4.98 Å². The molecule has 0 atom stereocenters. The molecular weight excluding hydrogens is 128 g/mol. The summed E-state index contributed by atoms with van der Waals surface area (Å²) in [5.41, 5.74) is 17.6. The third kappa shape index (κ3) is 0.953. The topological polar surface area (TPSA) is 91.0 Å². The summed E-state index contributed by atoms with van der Waals surface area (Å²) < 4.78 is 0. The summed E-state index contributed by atoms with van der Waals surface area (Å²) >= 11 is 0. The molecule has 0 aromatic carbocycles. The molecule has 0 saturated carbocycles. The van der Waals surface area contributed by atoms with E-state index in [9.17, 15) is 0 Å². The van der Waals surface area contributed by atoms with Gasteiger partial charge in [-0.25, -0.2) is 4.98 Å². The van der Waals surface area contributed by atoms with Crippen LogP contribution in [0, 0.1) is 6.92 Å². The van der Waals surface area contributed by atoms with Gasteiger partial charge in [-0.05, 0) is 18.6 Å². The third-order valence-electron chi connectivity index (χ3n) is 1.31. The van der Waals surface area contributed by atoms with Gasteiger partial charge < -0.3 is 17.2 Å². The molecule has 0 unspecified atom stereocenters. The molecule has 10 heavy (non-hydrogen) atoms. The van der Waals surface area contributed by atoms with Crippen LogP contribution in [0.1, 0.15) is 5.56 Å². The van der Waals surface area contributed by atoms with Crippen LogP contribution in [0.4, 0.5) is 17.3 Å². The maximum absolute atomic E-state index is 5.45. The van der Waals surface area contributed by atoms with Gasteiger partial charge in [0.05, 0.1) is 5.69 Å². The zero-order valence-electron chi connectivity index (χ0n) is 5.76. The molecule has 0 bridgehead atoms. The molecule has 6 N–H and O–H groups in total. The van der Waals surface area contributed by atoms with Crippen LogP contribution in [0.5, 0.6) is 0 Å². The second-order valence-corrected chi connectivity index (χ2v) is 2.16. The lowest BCUT2D eigenvalue weighted by Gasteiger charge is -2.02. The van der Waals surface area contributed by atoms with Gasteiger partial charge in [-0.2, -0.15) is 0 Å². The Balaban J connectivity index is 3.28. The third-order valence-corrected chi connectivity index (χ3v) is 1.31. The van der Waals surface area contributed by atoms with Crippen LogP contribution in [0.2, 0.25) is 0 Å². The van der Waals surface area contributed by atoms with Crippen LogP contribution in [0.3, 0.4) is 0 Å². The molecule has 0 radical (unpaired) electrons. The van der Waals surface area contributed by atoms with E-state index in [1.54, 1.807) is 6.07 Å². The molecule has 0 spiro atoms. The number of nitrogens with zero attached hydrogens (tertiary/aromatic N) is 1. The predicted molar refractivity (Wildman–Crippen MR) is 42.2 cm³/mol. The Morgan fingerprint density at radius 2 is 1.80 bits per heavy atom. The molecule has 0 fully saturated rings. The maximum Gasteiger partial charge on any atom is 0.149 e. The average molecular weight is 138 g/mol. The number of nitrogen functional groups attached to an aromatic ring is 3. The van der Waals surface area contributed by atoms with Crippen molar-refractivity contribution < 1.29 is 0 Å². The Bertz CT molecular complexity index is 206.